The van der Waals surface area contributed by atoms with Crippen molar-refractivity contribution in [1.82, 2.24) is 4.57 Å². The van der Waals surface area contributed by atoms with Gasteiger partial charge in [-0.1, -0.05) is 48.5 Å². The van der Waals surface area contributed by atoms with Gasteiger partial charge in [0.2, 0.25) is 0 Å². The Kier molecular flexibility index (Phi) is 6.59. The molecule has 1 heterocycles. The Bertz CT molecular complexity index is 1710. The SMILES string of the molecule is Cc1cc(-c2c(C(F)(F)F)n(-c3ccc(F)c(F)c3)c3cccc(OCc4ccccc4)c23)ccc1C(=O)O. The summed E-state index contributed by atoms with van der Waals surface area (Å²) in [4.78, 5) is 11.6. The highest BCUT2D eigenvalue weighted by molar-refractivity contribution is 6.04. The third kappa shape index (κ3) is 4.83. The van der Waals surface area contributed by atoms with E-state index in [0.29, 0.717) is 6.07 Å². The first-order chi connectivity index (χ1) is 18.6. The van der Waals surface area contributed by atoms with Crippen LogP contribution in [0.15, 0.2) is 84.9 Å². The fourth-order valence-electron chi connectivity index (χ4n) is 4.66. The van der Waals surface area contributed by atoms with Crippen molar-refractivity contribution in [3.8, 4) is 22.6 Å². The lowest BCUT2D eigenvalue weighted by Crippen LogP contribution is -2.14. The van der Waals surface area contributed by atoms with Crippen molar-refractivity contribution in [1.29, 1.82) is 0 Å². The van der Waals surface area contributed by atoms with Crippen molar-refractivity contribution < 1.29 is 36.6 Å². The molecule has 0 saturated heterocycles. The summed E-state index contributed by atoms with van der Waals surface area (Å²) < 4.78 is 79.4. The molecule has 0 aliphatic rings. The summed E-state index contributed by atoms with van der Waals surface area (Å²) in [6.07, 6.45) is -4.95. The van der Waals surface area contributed by atoms with E-state index in [1.807, 2.05) is 18.2 Å². The number of hydrogen-bond donors (Lipinski definition) is 1. The molecule has 0 bridgehead atoms. The number of fused-ring (bicyclic) bond motifs is 1. The minimum absolute atomic E-state index is 0.0499. The average Bonchev–Trinajstić information content (AvgIpc) is 3.26. The van der Waals surface area contributed by atoms with E-state index in [1.165, 1.54) is 43.3 Å². The Labute approximate surface area is 219 Å². The van der Waals surface area contributed by atoms with Gasteiger partial charge in [-0.25, -0.2) is 13.6 Å². The summed E-state index contributed by atoms with van der Waals surface area (Å²) in [6, 6.07) is 19.9. The Morgan fingerprint density at radius 3 is 2.28 bits per heavy atom. The highest BCUT2D eigenvalue weighted by Gasteiger charge is 2.41. The molecular formula is C30H20F5NO3. The molecule has 0 unspecified atom stereocenters. The minimum Gasteiger partial charge on any atom is -0.488 e. The molecule has 4 nitrogen and oxygen atoms in total. The second-order valence-corrected chi connectivity index (χ2v) is 8.91. The van der Waals surface area contributed by atoms with Crippen LogP contribution in [0.2, 0.25) is 0 Å². The van der Waals surface area contributed by atoms with Crippen molar-refractivity contribution in [2.24, 2.45) is 0 Å². The van der Waals surface area contributed by atoms with Crippen LogP contribution in [0.1, 0.15) is 27.2 Å². The van der Waals surface area contributed by atoms with Crippen LogP contribution in [0.3, 0.4) is 0 Å². The minimum atomic E-state index is -4.95. The number of aromatic carboxylic acids is 1. The van der Waals surface area contributed by atoms with E-state index in [2.05, 4.69) is 0 Å². The zero-order valence-corrected chi connectivity index (χ0v) is 20.4. The highest BCUT2D eigenvalue weighted by atomic mass is 19.4. The van der Waals surface area contributed by atoms with Crippen LogP contribution < -0.4 is 4.74 Å². The lowest BCUT2D eigenvalue weighted by atomic mass is 9.97. The molecule has 0 amide bonds. The molecule has 4 aromatic carbocycles. The van der Waals surface area contributed by atoms with E-state index in [1.54, 1.807) is 12.1 Å². The number of rotatable bonds is 6. The van der Waals surface area contributed by atoms with E-state index in [4.69, 9.17) is 4.74 Å². The van der Waals surface area contributed by atoms with Gasteiger partial charge >= 0.3 is 12.1 Å². The fraction of sp³-hybridized carbons (Fsp3) is 0.100. The molecule has 0 aliphatic heterocycles. The van der Waals surface area contributed by atoms with Gasteiger partial charge in [0.25, 0.3) is 0 Å². The molecule has 1 aromatic heterocycles. The number of halogens is 5. The molecule has 0 spiro atoms. The number of carboxylic acid groups (broad SMARTS) is 1. The number of aryl methyl sites for hydroxylation is 1. The van der Waals surface area contributed by atoms with Gasteiger partial charge in [0, 0.05) is 17.3 Å². The van der Waals surface area contributed by atoms with E-state index in [9.17, 15) is 31.9 Å². The number of aromatic nitrogens is 1. The summed E-state index contributed by atoms with van der Waals surface area (Å²) >= 11 is 0. The molecule has 1 N–H and O–H groups in total. The highest BCUT2D eigenvalue weighted by Crippen LogP contribution is 2.48. The van der Waals surface area contributed by atoms with Crippen molar-refractivity contribution >= 4 is 16.9 Å². The van der Waals surface area contributed by atoms with Gasteiger partial charge in [0.1, 0.15) is 18.1 Å². The molecule has 0 fully saturated rings. The summed E-state index contributed by atoms with van der Waals surface area (Å²) in [7, 11) is 0. The van der Waals surface area contributed by atoms with Crippen LogP contribution in [-0.2, 0) is 12.8 Å². The fourth-order valence-corrected chi connectivity index (χ4v) is 4.66. The molecule has 9 heteroatoms. The summed E-state index contributed by atoms with van der Waals surface area (Å²) in [5.74, 6) is -3.58. The molecule has 0 aliphatic carbocycles. The Morgan fingerprint density at radius 1 is 0.897 bits per heavy atom. The first-order valence-electron chi connectivity index (χ1n) is 11.8. The standard InChI is InChI=1S/C30H20F5NO3/c1-17-14-19(10-12-21(17)29(37)38)26-27-24(8-5-9-25(27)39-16-18-6-3-2-4-7-18)36(28(26)30(33,34)35)20-11-13-22(31)23(32)15-20/h2-15H,16H2,1H3,(H,37,38). The van der Waals surface area contributed by atoms with Crippen LogP contribution in [0, 0.1) is 18.6 Å². The van der Waals surface area contributed by atoms with Gasteiger partial charge in [0.05, 0.1) is 16.5 Å². The van der Waals surface area contributed by atoms with Crippen molar-refractivity contribution in [3.63, 3.8) is 0 Å². The van der Waals surface area contributed by atoms with Crippen LogP contribution in [0.5, 0.6) is 5.75 Å². The topological polar surface area (TPSA) is 51.5 Å². The summed E-state index contributed by atoms with van der Waals surface area (Å²) in [5, 5.41) is 9.53. The maximum absolute atomic E-state index is 14.9. The number of carboxylic acids is 1. The monoisotopic (exact) mass is 537 g/mol. The van der Waals surface area contributed by atoms with Gasteiger partial charge in [0.15, 0.2) is 11.6 Å². The predicted molar refractivity (Wildman–Crippen MR) is 136 cm³/mol. The zero-order valence-electron chi connectivity index (χ0n) is 20.4. The number of hydrogen-bond acceptors (Lipinski definition) is 2. The first kappa shape index (κ1) is 26.0. The van der Waals surface area contributed by atoms with E-state index in [0.717, 1.165) is 22.3 Å². The molecule has 0 saturated carbocycles. The van der Waals surface area contributed by atoms with Crippen LogP contribution in [0.25, 0.3) is 27.7 Å². The van der Waals surface area contributed by atoms with Gasteiger partial charge in [-0.15, -0.1) is 0 Å². The predicted octanol–water partition coefficient (Wildman–Crippen LogP) is 8.18. The van der Waals surface area contributed by atoms with Crippen LogP contribution in [0.4, 0.5) is 22.0 Å². The van der Waals surface area contributed by atoms with E-state index >= 15 is 0 Å². The van der Waals surface area contributed by atoms with Crippen molar-refractivity contribution in [2.45, 2.75) is 19.7 Å². The normalized spacial score (nSPS) is 11.6. The molecule has 5 aromatic rings. The number of benzene rings is 4. The summed E-state index contributed by atoms with van der Waals surface area (Å²) in [6.45, 7) is 1.55. The van der Waals surface area contributed by atoms with Gasteiger partial charge < -0.3 is 14.4 Å². The zero-order chi connectivity index (χ0) is 27.9. The van der Waals surface area contributed by atoms with Gasteiger partial charge in [-0.2, -0.15) is 13.2 Å². The van der Waals surface area contributed by atoms with Crippen molar-refractivity contribution in [3.05, 3.63) is 119 Å². The van der Waals surface area contributed by atoms with E-state index in [-0.39, 0.29) is 51.2 Å². The van der Waals surface area contributed by atoms with Crippen molar-refractivity contribution in [2.75, 3.05) is 0 Å². The Hall–Kier alpha value is -4.66. The Morgan fingerprint density at radius 2 is 1.64 bits per heavy atom. The number of ether oxygens (including phenoxy) is 1. The smallest absolute Gasteiger partial charge is 0.432 e. The lowest BCUT2D eigenvalue weighted by molar-refractivity contribution is -0.141. The average molecular weight is 537 g/mol. The molecule has 39 heavy (non-hydrogen) atoms. The molecule has 0 radical (unpaired) electrons. The molecule has 5 rings (SSSR count). The number of nitrogens with zero attached hydrogens (tertiary/aromatic N) is 1. The largest absolute Gasteiger partial charge is 0.488 e. The second kappa shape index (κ2) is 9.90. The molecule has 0 atom stereocenters. The summed E-state index contributed by atoms with van der Waals surface area (Å²) in [5.41, 5.74) is -0.527. The Balaban J connectivity index is 1.85. The lowest BCUT2D eigenvalue weighted by Gasteiger charge is -2.16. The molecule has 198 valence electrons. The maximum Gasteiger partial charge on any atom is 0.432 e. The van der Waals surface area contributed by atoms with Gasteiger partial charge in [-0.05, 0) is 53.9 Å². The van der Waals surface area contributed by atoms with Crippen LogP contribution >= 0.6 is 0 Å². The third-order valence-corrected chi connectivity index (χ3v) is 6.37. The second-order valence-electron chi connectivity index (χ2n) is 8.91. The maximum atomic E-state index is 14.9. The first-order valence-corrected chi connectivity index (χ1v) is 11.8. The van der Waals surface area contributed by atoms with Crippen LogP contribution in [-0.4, -0.2) is 15.6 Å². The number of alkyl halides is 3. The number of carbonyl (C=O) groups is 1. The van der Waals surface area contributed by atoms with E-state index < -0.39 is 29.5 Å². The third-order valence-electron chi connectivity index (χ3n) is 6.37. The molecular weight excluding hydrogens is 517 g/mol. The quantitative estimate of drug-likeness (QED) is 0.222. The van der Waals surface area contributed by atoms with Gasteiger partial charge in [-0.3, -0.25) is 0 Å².